The summed E-state index contributed by atoms with van der Waals surface area (Å²) in [5, 5.41) is 17.0. The average Bonchev–Trinajstić information content (AvgIpc) is 3.45. The second-order valence-electron chi connectivity index (χ2n) is 8.94. The van der Waals surface area contributed by atoms with Crippen molar-refractivity contribution in [2.45, 2.75) is 25.5 Å². The highest BCUT2D eigenvalue weighted by molar-refractivity contribution is 7.16. The molecule has 0 radical (unpaired) electrons. The Morgan fingerprint density at radius 2 is 2.08 bits per heavy atom. The highest BCUT2D eigenvalue weighted by atomic mass is 32.1. The van der Waals surface area contributed by atoms with Crippen LogP contribution in [0, 0.1) is 11.6 Å². The number of benzene rings is 1. The summed E-state index contributed by atoms with van der Waals surface area (Å²) in [5.41, 5.74) is 1.68. The summed E-state index contributed by atoms with van der Waals surface area (Å²) in [7, 11) is 0. The molecule has 1 amide bonds. The van der Waals surface area contributed by atoms with Crippen LogP contribution in [0.3, 0.4) is 0 Å². The molecule has 5 heterocycles. The number of carbonyl (C=O) groups is 1. The van der Waals surface area contributed by atoms with Gasteiger partial charge < -0.3 is 20.1 Å². The van der Waals surface area contributed by atoms with E-state index in [0.29, 0.717) is 49.2 Å². The number of aliphatic hydroxyl groups is 1. The van der Waals surface area contributed by atoms with E-state index >= 15 is 0 Å². The van der Waals surface area contributed by atoms with Crippen LogP contribution >= 0.6 is 11.3 Å². The van der Waals surface area contributed by atoms with E-state index in [4.69, 9.17) is 9.72 Å². The summed E-state index contributed by atoms with van der Waals surface area (Å²) >= 11 is 1.50. The Bertz CT molecular complexity index is 1500. The van der Waals surface area contributed by atoms with Crippen molar-refractivity contribution in [2.24, 2.45) is 0 Å². The van der Waals surface area contributed by atoms with Gasteiger partial charge in [-0.2, -0.15) is 5.10 Å². The van der Waals surface area contributed by atoms with Crippen LogP contribution in [0.5, 0.6) is 5.75 Å². The zero-order chi connectivity index (χ0) is 25.7. The number of thiophene rings is 1. The number of ether oxygens (including phenoxy) is 1. The lowest BCUT2D eigenvalue weighted by molar-refractivity contribution is -0.143. The van der Waals surface area contributed by atoms with Gasteiger partial charge in [-0.3, -0.25) is 4.79 Å². The van der Waals surface area contributed by atoms with Gasteiger partial charge in [-0.05, 0) is 37.3 Å². The molecule has 0 aliphatic carbocycles. The summed E-state index contributed by atoms with van der Waals surface area (Å²) in [5.74, 6) is 0.0587. The number of fused-ring (bicyclic) bond motifs is 3. The largest absolute Gasteiger partial charge is 0.491 e. The Labute approximate surface area is 214 Å². The number of aromatic nitrogens is 4. The van der Waals surface area contributed by atoms with Crippen LogP contribution in [0.2, 0.25) is 0 Å². The molecule has 1 atom stereocenters. The molecule has 0 unspecified atom stereocenters. The maximum Gasteiger partial charge on any atom is 0.251 e. The molecular weight excluding hydrogens is 502 g/mol. The first-order chi connectivity index (χ1) is 17.9. The summed E-state index contributed by atoms with van der Waals surface area (Å²) in [6.07, 6.45) is 0.988. The summed E-state index contributed by atoms with van der Waals surface area (Å²) in [4.78, 5) is 24.5. The molecule has 1 saturated heterocycles. The molecule has 3 aromatic heterocycles. The molecule has 1 fully saturated rings. The van der Waals surface area contributed by atoms with Gasteiger partial charge in [0, 0.05) is 36.0 Å². The second kappa shape index (κ2) is 9.20. The molecule has 2 aliphatic heterocycles. The van der Waals surface area contributed by atoms with E-state index in [-0.39, 0.29) is 17.6 Å². The number of likely N-dealkylation sites (tertiary alicyclic amines) is 1. The van der Waals surface area contributed by atoms with Crippen molar-refractivity contribution >= 4 is 23.1 Å². The first-order valence-corrected chi connectivity index (χ1v) is 12.5. The normalized spacial score (nSPS) is 15.7. The fraction of sp³-hybridized carbons (Fsp3) is 0.280. The average molecular weight is 525 g/mol. The van der Waals surface area contributed by atoms with Crippen molar-refractivity contribution in [3.63, 3.8) is 0 Å². The van der Waals surface area contributed by atoms with Crippen molar-refractivity contribution in [3.05, 3.63) is 59.2 Å². The molecule has 2 aliphatic rings. The fourth-order valence-electron chi connectivity index (χ4n) is 4.48. The molecule has 0 spiro atoms. The minimum Gasteiger partial charge on any atom is -0.491 e. The molecule has 12 heteroatoms. The number of anilines is 1. The first-order valence-electron chi connectivity index (χ1n) is 11.7. The number of carbonyl (C=O) groups excluding carboxylic acids is 1. The van der Waals surface area contributed by atoms with Crippen molar-refractivity contribution in [3.8, 4) is 33.4 Å². The monoisotopic (exact) mass is 524 g/mol. The van der Waals surface area contributed by atoms with Crippen molar-refractivity contribution in [2.75, 3.05) is 25.0 Å². The molecule has 37 heavy (non-hydrogen) atoms. The van der Waals surface area contributed by atoms with Crippen molar-refractivity contribution in [1.82, 2.24) is 24.6 Å². The van der Waals surface area contributed by atoms with Crippen LogP contribution in [0.15, 0.2) is 42.7 Å². The predicted molar refractivity (Wildman–Crippen MR) is 133 cm³/mol. The quantitative estimate of drug-likeness (QED) is 0.413. The maximum absolute atomic E-state index is 14.5. The van der Waals surface area contributed by atoms with Crippen LogP contribution in [-0.2, 0) is 11.2 Å². The van der Waals surface area contributed by atoms with Crippen molar-refractivity contribution in [1.29, 1.82) is 0 Å². The molecule has 6 rings (SSSR count). The molecule has 9 nitrogen and oxygen atoms in total. The Kier molecular flexibility index (Phi) is 5.84. The lowest BCUT2D eigenvalue weighted by atomic mass is 10.1. The molecule has 4 aromatic rings. The lowest BCUT2D eigenvalue weighted by Crippen LogP contribution is -2.59. The van der Waals surface area contributed by atoms with Gasteiger partial charge in [0.1, 0.15) is 41.2 Å². The van der Waals surface area contributed by atoms with Gasteiger partial charge in [-0.1, -0.05) is 0 Å². The number of hydrogen-bond donors (Lipinski definition) is 2. The number of aliphatic hydroxyl groups excluding tert-OH is 1. The SMILES string of the molecule is C[C@H](O)C(=O)N1CC(Nc2ccc3c(n2)-c2cc(-c4ncnn4-c4ccc(F)cc4F)sc2CCO3)C1. The molecular formula is C25H22F2N6O3S. The van der Waals surface area contributed by atoms with E-state index in [1.54, 1.807) is 4.90 Å². The fourth-order valence-corrected chi connectivity index (χ4v) is 5.60. The minimum atomic E-state index is -1.01. The van der Waals surface area contributed by atoms with E-state index in [1.807, 2.05) is 18.2 Å². The number of amides is 1. The van der Waals surface area contributed by atoms with E-state index in [9.17, 15) is 18.7 Å². The topological polar surface area (TPSA) is 105 Å². The van der Waals surface area contributed by atoms with Crippen LogP contribution in [0.4, 0.5) is 14.6 Å². The number of rotatable bonds is 5. The summed E-state index contributed by atoms with van der Waals surface area (Å²) in [6.45, 7) is 2.92. The Balaban J connectivity index is 1.30. The zero-order valence-corrected chi connectivity index (χ0v) is 20.5. The van der Waals surface area contributed by atoms with Crippen molar-refractivity contribution < 1.29 is 23.4 Å². The molecule has 190 valence electrons. The first kappa shape index (κ1) is 23.5. The number of nitrogens with one attached hydrogen (secondary N) is 1. The van der Waals surface area contributed by atoms with Crippen LogP contribution in [0.1, 0.15) is 11.8 Å². The maximum atomic E-state index is 14.5. The van der Waals surface area contributed by atoms with Gasteiger partial charge in [0.25, 0.3) is 5.91 Å². The summed E-state index contributed by atoms with van der Waals surface area (Å²) in [6, 6.07) is 9.01. The number of nitrogens with zero attached hydrogens (tertiary/aromatic N) is 5. The van der Waals surface area contributed by atoms with Gasteiger partial charge in [0.15, 0.2) is 11.6 Å². The third-order valence-electron chi connectivity index (χ3n) is 6.32. The molecule has 0 saturated carbocycles. The molecule has 1 aromatic carbocycles. The smallest absolute Gasteiger partial charge is 0.251 e. The van der Waals surface area contributed by atoms with E-state index in [2.05, 4.69) is 15.4 Å². The highest BCUT2D eigenvalue weighted by Crippen LogP contribution is 2.42. The molecule has 0 bridgehead atoms. The van der Waals surface area contributed by atoms with Crippen LogP contribution < -0.4 is 10.1 Å². The zero-order valence-electron chi connectivity index (χ0n) is 19.7. The Morgan fingerprint density at radius 1 is 1.24 bits per heavy atom. The van der Waals surface area contributed by atoms with Gasteiger partial charge in [-0.15, -0.1) is 11.3 Å². The lowest BCUT2D eigenvalue weighted by Gasteiger charge is -2.40. The summed E-state index contributed by atoms with van der Waals surface area (Å²) < 4.78 is 35.2. The third kappa shape index (κ3) is 4.31. The van der Waals surface area contributed by atoms with Gasteiger partial charge in [0.05, 0.1) is 17.5 Å². The highest BCUT2D eigenvalue weighted by Gasteiger charge is 2.33. The molecule has 2 N–H and O–H groups in total. The third-order valence-corrected chi connectivity index (χ3v) is 7.51. The van der Waals surface area contributed by atoms with Gasteiger partial charge in [0.2, 0.25) is 0 Å². The Hall–Kier alpha value is -3.90. The van der Waals surface area contributed by atoms with E-state index < -0.39 is 17.7 Å². The van der Waals surface area contributed by atoms with E-state index in [0.717, 1.165) is 21.4 Å². The standard InChI is InChI=1S/C25H22F2N6O3S/c1-13(34)25(35)32-10-15(11-32)30-22-5-4-19-23(31-22)16-9-21(37-20(16)6-7-36-19)24-28-12-29-33(24)18-3-2-14(26)8-17(18)27/h2-5,8-9,12-13,15,34H,6-7,10-11H2,1H3,(H,30,31)/t13-/m0/s1. The van der Waals surface area contributed by atoms with Crippen LogP contribution in [0.25, 0.3) is 27.6 Å². The predicted octanol–water partition coefficient (Wildman–Crippen LogP) is 3.27. The second-order valence-corrected chi connectivity index (χ2v) is 10.1. The number of halogens is 2. The van der Waals surface area contributed by atoms with Gasteiger partial charge >= 0.3 is 0 Å². The minimum absolute atomic E-state index is 0.0293. The number of pyridine rings is 1. The van der Waals surface area contributed by atoms with Crippen LogP contribution in [-0.4, -0.2) is 67.5 Å². The van der Waals surface area contributed by atoms with Gasteiger partial charge in [-0.25, -0.2) is 23.4 Å². The Morgan fingerprint density at radius 3 is 2.86 bits per heavy atom. The number of hydrogen-bond acceptors (Lipinski definition) is 8. The van der Waals surface area contributed by atoms with E-state index in [1.165, 1.54) is 41.4 Å².